The Balaban J connectivity index is 1.93. The number of carbonyl (C=O) groups is 1. The normalized spacial score (nSPS) is 18.5. The Morgan fingerprint density at radius 1 is 1.32 bits per heavy atom. The molecule has 2 aromatic rings. The van der Waals surface area contributed by atoms with Gasteiger partial charge in [0.25, 0.3) is 5.91 Å². The average molecular weight is 422 g/mol. The molecule has 0 aliphatic carbocycles. The lowest BCUT2D eigenvalue weighted by Gasteiger charge is -2.38. The number of nitrogens with zero attached hydrogens (tertiary/aromatic N) is 4. The summed E-state index contributed by atoms with van der Waals surface area (Å²) in [6, 6.07) is 9.48. The molecule has 1 aromatic carbocycles. The van der Waals surface area contributed by atoms with Crippen LogP contribution in [0.3, 0.4) is 0 Å². The number of benzene rings is 1. The molecular weight excluding hydrogens is 390 g/mol. The van der Waals surface area contributed by atoms with E-state index in [1.807, 2.05) is 17.0 Å². The summed E-state index contributed by atoms with van der Waals surface area (Å²) < 4.78 is 5.08. The van der Waals surface area contributed by atoms with E-state index < -0.39 is 0 Å². The maximum atomic E-state index is 13.6. The van der Waals surface area contributed by atoms with Crippen LogP contribution in [0.1, 0.15) is 55.5 Å². The Morgan fingerprint density at radius 2 is 2.10 bits per heavy atom. The van der Waals surface area contributed by atoms with Crippen LogP contribution in [-0.2, 0) is 4.74 Å². The molecule has 0 bridgehead atoms. The molecule has 1 N–H and O–H groups in total. The van der Waals surface area contributed by atoms with Crippen molar-refractivity contribution in [2.75, 3.05) is 32.1 Å². The van der Waals surface area contributed by atoms with E-state index in [-0.39, 0.29) is 11.9 Å². The molecule has 1 fully saturated rings. The number of carbonyl (C=O) groups excluding carboxylic acids is 1. The molecule has 1 aliphatic rings. The molecule has 0 radical (unpaired) electrons. The Bertz CT molecular complexity index is 923. The predicted octanol–water partition coefficient (Wildman–Crippen LogP) is 4.11. The molecule has 31 heavy (non-hydrogen) atoms. The van der Waals surface area contributed by atoms with Gasteiger partial charge in [0.1, 0.15) is 0 Å². The first-order chi connectivity index (χ1) is 15.1. The third-order valence-corrected chi connectivity index (χ3v) is 5.93. The Morgan fingerprint density at radius 3 is 2.77 bits per heavy atom. The minimum atomic E-state index is -0.0315. The van der Waals surface area contributed by atoms with Gasteiger partial charge in [0.05, 0.1) is 22.9 Å². The van der Waals surface area contributed by atoms with E-state index in [0.29, 0.717) is 41.8 Å². The number of rotatable bonds is 8. The summed E-state index contributed by atoms with van der Waals surface area (Å²) in [6.07, 6.45) is 5.70. The first kappa shape index (κ1) is 22.7. The van der Waals surface area contributed by atoms with Gasteiger partial charge in [0, 0.05) is 44.6 Å². The number of nitriles is 1. The first-order valence-corrected chi connectivity index (χ1v) is 11.0. The van der Waals surface area contributed by atoms with Gasteiger partial charge in [-0.15, -0.1) is 0 Å². The molecule has 2 unspecified atom stereocenters. The van der Waals surface area contributed by atoms with E-state index >= 15 is 0 Å². The van der Waals surface area contributed by atoms with E-state index in [2.05, 4.69) is 35.2 Å². The summed E-state index contributed by atoms with van der Waals surface area (Å²) in [4.78, 5) is 24.6. The Labute approximate surface area is 184 Å². The first-order valence-electron chi connectivity index (χ1n) is 11.0. The zero-order valence-electron chi connectivity index (χ0n) is 18.6. The van der Waals surface area contributed by atoms with Crippen molar-refractivity contribution in [2.45, 2.75) is 45.6 Å². The monoisotopic (exact) mass is 421 g/mol. The van der Waals surface area contributed by atoms with Gasteiger partial charge in [-0.3, -0.25) is 4.79 Å². The molecule has 1 saturated heterocycles. The van der Waals surface area contributed by atoms with E-state index in [0.717, 1.165) is 37.8 Å². The molecule has 2 atom stereocenters. The van der Waals surface area contributed by atoms with Crippen LogP contribution in [-0.4, -0.2) is 53.6 Å². The van der Waals surface area contributed by atoms with Crippen molar-refractivity contribution in [3.8, 4) is 17.3 Å². The molecule has 0 spiro atoms. The number of hydrogen-bond donors (Lipinski definition) is 1. The molecule has 1 aliphatic heterocycles. The number of piperidine rings is 1. The fourth-order valence-corrected chi connectivity index (χ4v) is 3.92. The zero-order valence-corrected chi connectivity index (χ0v) is 18.6. The van der Waals surface area contributed by atoms with Gasteiger partial charge in [0.2, 0.25) is 5.95 Å². The van der Waals surface area contributed by atoms with Crippen LogP contribution in [0.25, 0.3) is 11.3 Å². The van der Waals surface area contributed by atoms with Crippen molar-refractivity contribution in [2.24, 2.45) is 5.92 Å². The molecule has 164 valence electrons. The summed E-state index contributed by atoms with van der Waals surface area (Å²) >= 11 is 0. The highest BCUT2D eigenvalue weighted by atomic mass is 16.5. The largest absolute Gasteiger partial charge is 0.385 e. The summed E-state index contributed by atoms with van der Waals surface area (Å²) in [5.74, 6) is 0.974. The molecule has 3 rings (SSSR count). The topological polar surface area (TPSA) is 91.1 Å². The van der Waals surface area contributed by atoms with Gasteiger partial charge in [-0.2, -0.15) is 5.26 Å². The van der Waals surface area contributed by atoms with E-state index in [1.54, 1.807) is 25.4 Å². The second kappa shape index (κ2) is 10.9. The number of likely N-dealkylation sites (tertiary alicyclic amines) is 1. The van der Waals surface area contributed by atoms with Gasteiger partial charge in [-0.05, 0) is 44.2 Å². The maximum Gasteiger partial charge on any atom is 0.257 e. The highest BCUT2D eigenvalue weighted by molar-refractivity contribution is 6.00. The van der Waals surface area contributed by atoms with Gasteiger partial charge in [-0.1, -0.05) is 25.5 Å². The fraction of sp³-hybridized carbons (Fsp3) is 0.500. The van der Waals surface area contributed by atoms with Gasteiger partial charge in [0.15, 0.2) is 0 Å². The fourth-order valence-electron chi connectivity index (χ4n) is 3.92. The highest BCUT2D eigenvalue weighted by Gasteiger charge is 2.30. The van der Waals surface area contributed by atoms with Crippen LogP contribution in [0.5, 0.6) is 0 Å². The minimum absolute atomic E-state index is 0.0315. The number of ether oxygens (including phenoxy) is 1. The van der Waals surface area contributed by atoms with Crippen LogP contribution in [0, 0.1) is 17.2 Å². The summed E-state index contributed by atoms with van der Waals surface area (Å²) in [5, 5.41) is 12.3. The van der Waals surface area contributed by atoms with Crippen LogP contribution in [0.15, 0.2) is 30.5 Å². The number of anilines is 1. The smallest absolute Gasteiger partial charge is 0.257 e. The van der Waals surface area contributed by atoms with Crippen molar-refractivity contribution < 1.29 is 9.53 Å². The second-order valence-electron chi connectivity index (χ2n) is 8.08. The summed E-state index contributed by atoms with van der Waals surface area (Å²) in [5.41, 5.74) is 2.45. The highest BCUT2D eigenvalue weighted by Crippen LogP contribution is 2.29. The molecule has 7 heteroatoms. The van der Waals surface area contributed by atoms with Crippen LogP contribution >= 0.6 is 0 Å². The SMILES string of the molecule is CCC1CCC(C)N(C(=O)c2cnc(NCCCOC)nc2-c2ccc(C#N)cc2)C1. The third-order valence-electron chi connectivity index (χ3n) is 5.93. The minimum Gasteiger partial charge on any atom is -0.385 e. The van der Waals surface area contributed by atoms with Crippen molar-refractivity contribution in [3.63, 3.8) is 0 Å². The molecule has 7 nitrogen and oxygen atoms in total. The quantitative estimate of drug-likeness (QED) is 0.645. The van der Waals surface area contributed by atoms with Crippen molar-refractivity contribution >= 4 is 11.9 Å². The number of amides is 1. The number of aromatic nitrogens is 2. The summed E-state index contributed by atoms with van der Waals surface area (Å²) in [6.45, 7) is 6.38. The van der Waals surface area contributed by atoms with Crippen molar-refractivity contribution in [1.82, 2.24) is 14.9 Å². The van der Waals surface area contributed by atoms with Gasteiger partial charge < -0.3 is 15.0 Å². The second-order valence-corrected chi connectivity index (χ2v) is 8.08. The van der Waals surface area contributed by atoms with Gasteiger partial charge >= 0.3 is 0 Å². The number of hydrogen-bond acceptors (Lipinski definition) is 6. The van der Waals surface area contributed by atoms with E-state index in [1.165, 1.54) is 0 Å². The molecule has 0 saturated carbocycles. The Kier molecular flexibility index (Phi) is 7.96. The molecule has 1 aromatic heterocycles. The third kappa shape index (κ3) is 5.59. The van der Waals surface area contributed by atoms with Crippen molar-refractivity contribution in [3.05, 3.63) is 41.6 Å². The van der Waals surface area contributed by atoms with Crippen molar-refractivity contribution in [1.29, 1.82) is 5.26 Å². The van der Waals surface area contributed by atoms with Crippen LogP contribution < -0.4 is 5.32 Å². The lowest BCUT2D eigenvalue weighted by Crippen LogP contribution is -2.45. The zero-order chi connectivity index (χ0) is 22.2. The molecule has 2 heterocycles. The average Bonchev–Trinajstić information content (AvgIpc) is 2.81. The Hall–Kier alpha value is -2.98. The standard InChI is InChI=1S/C24H31N5O2/c1-4-18-7-6-17(2)29(16-18)23(30)21-15-27-24(26-12-5-13-31-3)28-22(21)20-10-8-19(14-25)9-11-20/h8-11,15,17-18H,4-7,12-13,16H2,1-3H3,(H,26,27,28). The van der Waals surface area contributed by atoms with Gasteiger partial charge in [-0.25, -0.2) is 9.97 Å². The molecular formula is C24H31N5O2. The predicted molar refractivity (Wildman–Crippen MR) is 121 cm³/mol. The number of methoxy groups -OCH3 is 1. The summed E-state index contributed by atoms with van der Waals surface area (Å²) in [7, 11) is 1.67. The lowest BCUT2D eigenvalue weighted by molar-refractivity contribution is 0.0556. The van der Waals surface area contributed by atoms with E-state index in [4.69, 9.17) is 10.00 Å². The lowest BCUT2D eigenvalue weighted by atomic mass is 9.91. The van der Waals surface area contributed by atoms with Crippen LogP contribution in [0.4, 0.5) is 5.95 Å². The molecule has 1 amide bonds. The van der Waals surface area contributed by atoms with E-state index in [9.17, 15) is 4.79 Å². The number of nitrogens with one attached hydrogen (secondary N) is 1. The van der Waals surface area contributed by atoms with Crippen LogP contribution in [0.2, 0.25) is 0 Å². The maximum absolute atomic E-state index is 13.6.